The molecule has 2 atom stereocenters. The highest BCUT2D eigenvalue weighted by Crippen LogP contribution is 2.37. The Morgan fingerprint density at radius 3 is 2.19 bits per heavy atom. The van der Waals surface area contributed by atoms with Crippen molar-refractivity contribution >= 4 is 17.7 Å². The fraction of sp³-hybridized carbons (Fsp3) is 0.526. The van der Waals surface area contributed by atoms with Crippen LogP contribution in [0.2, 0.25) is 0 Å². The Labute approximate surface area is 150 Å². The molecule has 0 aromatic heterocycles. The normalized spacial score (nSPS) is 22.5. The summed E-state index contributed by atoms with van der Waals surface area (Å²) in [6.45, 7) is 0.319. The minimum atomic E-state index is -0.654. The van der Waals surface area contributed by atoms with Gasteiger partial charge in [-0.05, 0) is 37.0 Å². The van der Waals surface area contributed by atoms with Gasteiger partial charge in [0.1, 0.15) is 11.6 Å². The van der Waals surface area contributed by atoms with Crippen molar-refractivity contribution in [3.8, 4) is 0 Å². The molecule has 7 heteroatoms. The largest absolute Gasteiger partial charge is 0.356 e. The van der Waals surface area contributed by atoms with E-state index < -0.39 is 11.6 Å². The van der Waals surface area contributed by atoms with Crippen LogP contribution in [-0.2, 0) is 20.8 Å². The van der Waals surface area contributed by atoms with E-state index >= 15 is 0 Å². The van der Waals surface area contributed by atoms with E-state index in [0.717, 1.165) is 31.7 Å². The predicted octanol–water partition coefficient (Wildman–Crippen LogP) is 2.19. The molecule has 1 aromatic carbocycles. The van der Waals surface area contributed by atoms with Gasteiger partial charge in [0.2, 0.25) is 17.7 Å². The van der Waals surface area contributed by atoms with Crippen LogP contribution in [0.25, 0.3) is 0 Å². The first kappa shape index (κ1) is 18.5. The van der Waals surface area contributed by atoms with Gasteiger partial charge in [0.15, 0.2) is 0 Å². The number of benzene rings is 1. The maximum Gasteiger partial charge on any atom is 0.233 e. The number of carbonyl (C=O) groups is 3. The van der Waals surface area contributed by atoms with Gasteiger partial charge in [-0.15, -0.1) is 0 Å². The van der Waals surface area contributed by atoms with E-state index in [1.54, 1.807) is 0 Å². The van der Waals surface area contributed by atoms with Crippen LogP contribution in [0.1, 0.15) is 37.7 Å². The molecule has 1 saturated carbocycles. The first-order valence-corrected chi connectivity index (χ1v) is 9.02. The molecule has 1 saturated heterocycles. The van der Waals surface area contributed by atoms with E-state index in [1.807, 2.05) is 0 Å². The van der Waals surface area contributed by atoms with Crippen molar-refractivity contribution in [3.05, 3.63) is 35.4 Å². The standard InChI is InChI=1S/C19H22F2N2O3/c20-13-9-12(10-14(21)11-13)5-7-22-17(24)6-8-23-18(25)15-3-1-2-4-16(15)19(23)26/h9-11,15-16H,1-8H2,(H,22,24). The zero-order valence-corrected chi connectivity index (χ0v) is 14.5. The second kappa shape index (κ2) is 7.93. The smallest absolute Gasteiger partial charge is 0.233 e. The van der Waals surface area contributed by atoms with Crippen LogP contribution in [0, 0.1) is 23.5 Å². The maximum atomic E-state index is 13.1. The van der Waals surface area contributed by atoms with E-state index in [1.165, 1.54) is 17.0 Å². The molecule has 26 heavy (non-hydrogen) atoms. The summed E-state index contributed by atoms with van der Waals surface area (Å²) in [5.41, 5.74) is 0.455. The van der Waals surface area contributed by atoms with Crippen LogP contribution < -0.4 is 5.32 Å². The van der Waals surface area contributed by atoms with Gasteiger partial charge < -0.3 is 5.32 Å². The first-order valence-electron chi connectivity index (χ1n) is 9.02. The highest BCUT2D eigenvalue weighted by molar-refractivity contribution is 6.05. The van der Waals surface area contributed by atoms with Crippen LogP contribution in [0.4, 0.5) is 8.78 Å². The van der Waals surface area contributed by atoms with E-state index in [4.69, 9.17) is 0 Å². The summed E-state index contributed by atoms with van der Waals surface area (Å²) in [6, 6.07) is 3.24. The number of nitrogens with zero attached hydrogens (tertiary/aromatic N) is 1. The Morgan fingerprint density at radius 2 is 1.62 bits per heavy atom. The van der Waals surface area contributed by atoms with Crippen molar-refractivity contribution in [2.45, 2.75) is 38.5 Å². The predicted molar refractivity (Wildman–Crippen MR) is 89.9 cm³/mol. The average molecular weight is 364 g/mol. The third-order valence-electron chi connectivity index (χ3n) is 5.15. The number of carbonyl (C=O) groups excluding carboxylic acids is 3. The van der Waals surface area contributed by atoms with Crippen molar-refractivity contribution in [2.24, 2.45) is 11.8 Å². The quantitative estimate of drug-likeness (QED) is 0.787. The minimum Gasteiger partial charge on any atom is -0.356 e. The molecule has 5 nitrogen and oxygen atoms in total. The Hall–Kier alpha value is -2.31. The highest BCUT2D eigenvalue weighted by atomic mass is 19.1. The second-order valence-corrected chi connectivity index (χ2v) is 6.95. The number of hydrogen-bond acceptors (Lipinski definition) is 3. The monoisotopic (exact) mass is 364 g/mol. The first-order chi connectivity index (χ1) is 12.5. The molecule has 1 aliphatic carbocycles. The van der Waals surface area contributed by atoms with Crippen molar-refractivity contribution < 1.29 is 23.2 Å². The second-order valence-electron chi connectivity index (χ2n) is 6.95. The molecule has 3 rings (SSSR count). The third-order valence-corrected chi connectivity index (χ3v) is 5.15. The van der Waals surface area contributed by atoms with Crippen molar-refractivity contribution in [2.75, 3.05) is 13.1 Å². The molecule has 1 heterocycles. The lowest BCUT2D eigenvalue weighted by atomic mass is 9.81. The molecule has 1 aromatic rings. The molecule has 0 bridgehead atoms. The van der Waals surface area contributed by atoms with Gasteiger partial charge in [0.05, 0.1) is 11.8 Å². The lowest BCUT2D eigenvalue weighted by Gasteiger charge is -2.19. The Bertz CT molecular complexity index is 678. The number of hydrogen-bond donors (Lipinski definition) is 1. The maximum absolute atomic E-state index is 13.1. The number of rotatable bonds is 6. The summed E-state index contributed by atoms with van der Waals surface area (Å²) in [6.07, 6.45) is 3.77. The summed E-state index contributed by atoms with van der Waals surface area (Å²) < 4.78 is 26.2. The minimum absolute atomic E-state index is 0.0361. The van der Waals surface area contributed by atoms with E-state index in [9.17, 15) is 23.2 Å². The van der Waals surface area contributed by atoms with E-state index in [-0.39, 0.29) is 49.1 Å². The summed E-state index contributed by atoms with van der Waals surface area (Å²) in [5, 5.41) is 2.65. The molecular formula is C19H22F2N2O3. The Kier molecular flexibility index (Phi) is 5.64. The summed E-state index contributed by atoms with van der Waals surface area (Å²) >= 11 is 0. The summed E-state index contributed by atoms with van der Waals surface area (Å²) in [7, 11) is 0. The van der Waals surface area contributed by atoms with Gasteiger partial charge in [-0.2, -0.15) is 0 Å². The van der Waals surface area contributed by atoms with Crippen molar-refractivity contribution in [1.29, 1.82) is 0 Å². The van der Waals surface area contributed by atoms with Gasteiger partial charge in [-0.1, -0.05) is 12.8 Å². The lowest BCUT2D eigenvalue weighted by molar-refractivity contribution is -0.140. The molecule has 2 aliphatic rings. The molecule has 2 unspecified atom stereocenters. The number of imide groups is 1. The number of amides is 3. The fourth-order valence-electron chi connectivity index (χ4n) is 3.85. The Balaban J connectivity index is 1.44. The van der Waals surface area contributed by atoms with E-state index in [0.29, 0.717) is 12.0 Å². The molecule has 1 N–H and O–H groups in total. The van der Waals surface area contributed by atoms with Gasteiger partial charge in [0, 0.05) is 25.6 Å². The summed E-state index contributed by atoms with van der Waals surface area (Å²) in [4.78, 5) is 37.8. The number of halogens is 2. The lowest BCUT2D eigenvalue weighted by Crippen LogP contribution is -2.35. The van der Waals surface area contributed by atoms with Crippen LogP contribution in [0.5, 0.6) is 0 Å². The van der Waals surface area contributed by atoms with Crippen LogP contribution >= 0.6 is 0 Å². The molecular weight excluding hydrogens is 342 g/mol. The zero-order chi connectivity index (χ0) is 18.7. The van der Waals surface area contributed by atoms with Crippen molar-refractivity contribution in [3.63, 3.8) is 0 Å². The SMILES string of the molecule is O=C(CCN1C(=O)C2CCCCC2C1=O)NCCc1cc(F)cc(F)c1. The van der Waals surface area contributed by atoms with Gasteiger partial charge in [0.25, 0.3) is 0 Å². The van der Waals surface area contributed by atoms with Gasteiger partial charge in [-0.25, -0.2) is 8.78 Å². The molecule has 3 amide bonds. The molecule has 0 spiro atoms. The fourth-order valence-corrected chi connectivity index (χ4v) is 3.85. The Morgan fingerprint density at radius 1 is 1.04 bits per heavy atom. The van der Waals surface area contributed by atoms with Crippen LogP contribution in [0.3, 0.4) is 0 Å². The average Bonchev–Trinajstić information content (AvgIpc) is 2.84. The molecule has 140 valence electrons. The highest BCUT2D eigenvalue weighted by Gasteiger charge is 2.47. The molecule has 1 aliphatic heterocycles. The van der Waals surface area contributed by atoms with Crippen LogP contribution in [0.15, 0.2) is 18.2 Å². The third kappa shape index (κ3) is 4.08. The molecule has 2 fully saturated rings. The van der Waals surface area contributed by atoms with Crippen molar-refractivity contribution in [1.82, 2.24) is 10.2 Å². The topological polar surface area (TPSA) is 66.5 Å². The number of nitrogens with one attached hydrogen (secondary N) is 1. The van der Waals surface area contributed by atoms with E-state index in [2.05, 4.69) is 5.32 Å². The van der Waals surface area contributed by atoms with Gasteiger partial charge in [-0.3, -0.25) is 19.3 Å². The van der Waals surface area contributed by atoms with Gasteiger partial charge >= 0.3 is 0 Å². The number of likely N-dealkylation sites (tertiary alicyclic amines) is 1. The molecule has 0 radical (unpaired) electrons. The zero-order valence-electron chi connectivity index (χ0n) is 14.5. The summed E-state index contributed by atoms with van der Waals surface area (Å²) in [5.74, 6) is -2.31. The van der Waals surface area contributed by atoms with Crippen LogP contribution in [-0.4, -0.2) is 35.7 Å². The number of fused-ring (bicyclic) bond motifs is 1.